The molecule has 4 N–H and O–H groups in total. The summed E-state index contributed by atoms with van der Waals surface area (Å²) >= 11 is 0. The minimum atomic E-state index is -4.83. The van der Waals surface area contributed by atoms with Crippen LogP contribution in [0.4, 0.5) is 13.2 Å². The molecule has 0 aliphatic carbocycles. The summed E-state index contributed by atoms with van der Waals surface area (Å²) in [5.74, 6) is -0.649. The van der Waals surface area contributed by atoms with E-state index in [4.69, 9.17) is 5.73 Å². The molecule has 1 aromatic rings. The molecule has 10 heteroatoms. The highest BCUT2D eigenvalue weighted by atomic mass is 32.2. The number of hydrogen-bond acceptors (Lipinski definition) is 4. The largest absolute Gasteiger partial charge is 0.417 e. The Labute approximate surface area is 138 Å². The van der Waals surface area contributed by atoms with Crippen molar-refractivity contribution < 1.29 is 26.4 Å². The maximum Gasteiger partial charge on any atom is 0.417 e. The fraction of sp³-hybridized carbons (Fsp3) is 0.500. The Morgan fingerprint density at radius 3 is 2.38 bits per heavy atom. The lowest BCUT2D eigenvalue weighted by atomic mass is 10.2. The quantitative estimate of drug-likeness (QED) is 0.675. The zero-order chi connectivity index (χ0) is 18.5. The van der Waals surface area contributed by atoms with Crippen LogP contribution in [0.15, 0.2) is 29.2 Å². The lowest BCUT2D eigenvalue weighted by Gasteiger charge is -2.17. The summed E-state index contributed by atoms with van der Waals surface area (Å²) in [6.07, 6.45) is -4.34. The number of alkyl halides is 3. The van der Waals surface area contributed by atoms with Crippen molar-refractivity contribution in [3.63, 3.8) is 0 Å². The van der Waals surface area contributed by atoms with Gasteiger partial charge in [0, 0.05) is 12.6 Å². The number of carbonyl (C=O) groups is 1. The molecule has 0 aliphatic rings. The highest BCUT2D eigenvalue weighted by Gasteiger charge is 2.37. The van der Waals surface area contributed by atoms with Gasteiger partial charge < -0.3 is 11.1 Å². The fourth-order valence-electron chi connectivity index (χ4n) is 1.86. The van der Waals surface area contributed by atoms with Gasteiger partial charge in [-0.1, -0.05) is 12.1 Å². The second-order valence-electron chi connectivity index (χ2n) is 5.39. The molecule has 1 aromatic carbocycles. The average molecular weight is 367 g/mol. The van der Waals surface area contributed by atoms with Crippen LogP contribution in [-0.4, -0.2) is 33.0 Å². The van der Waals surface area contributed by atoms with Crippen molar-refractivity contribution >= 4 is 15.9 Å². The lowest BCUT2D eigenvalue weighted by Crippen LogP contribution is -2.45. The summed E-state index contributed by atoms with van der Waals surface area (Å²) in [6.45, 7) is 3.23. The van der Waals surface area contributed by atoms with E-state index in [2.05, 4.69) is 5.32 Å². The molecule has 0 saturated carbocycles. The first kappa shape index (κ1) is 20.4. The van der Waals surface area contributed by atoms with Gasteiger partial charge in [-0.15, -0.1) is 0 Å². The van der Waals surface area contributed by atoms with Gasteiger partial charge in [0.25, 0.3) is 0 Å². The van der Waals surface area contributed by atoms with E-state index in [-0.39, 0.29) is 12.6 Å². The summed E-state index contributed by atoms with van der Waals surface area (Å²) in [6, 6.07) is 2.40. The molecule has 1 amide bonds. The summed E-state index contributed by atoms with van der Waals surface area (Å²) in [7, 11) is -4.52. The predicted octanol–water partition coefficient (Wildman–Crippen LogP) is 1.23. The van der Waals surface area contributed by atoms with Crippen molar-refractivity contribution in [1.29, 1.82) is 0 Å². The number of nitrogens with two attached hydrogens (primary N) is 1. The van der Waals surface area contributed by atoms with Crippen LogP contribution in [-0.2, 0) is 21.0 Å². The minimum absolute atomic E-state index is 0.143. The highest BCUT2D eigenvalue weighted by molar-refractivity contribution is 7.89. The van der Waals surface area contributed by atoms with E-state index in [0.29, 0.717) is 12.5 Å². The van der Waals surface area contributed by atoms with Gasteiger partial charge in [-0.3, -0.25) is 4.79 Å². The molecule has 6 nitrogen and oxygen atoms in total. The van der Waals surface area contributed by atoms with Crippen molar-refractivity contribution in [2.75, 3.05) is 6.54 Å². The van der Waals surface area contributed by atoms with Gasteiger partial charge >= 0.3 is 6.18 Å². The molecule has 0 heterocycles. The minimum Gasteiger partial charge on any atom is -0.355 e. The summed E-state index contributed by atoms with van der Waals surface area (Å²) < 4.78 is 65.1. The fourth-order valence-corrected chi connectivity index (χ4v) is 3.29. The molecule has 2 atom stereocenters. The van der Waals surface area contributed by atoms with Crippen LogP contribution in [0.25, 0.3) is 0 Å². The SMILES string of the molecule is CC(N)CCNC(=O)C(C)NS(=O)(=O)c1ccccc1C(F)(F)F. The zero-order valence-electron chi connectivity index (χ0n) is 13.2. The number of carbonyl (C=O) groups excluding carboxylic acids is 1. The maximum atomic E-state index is 12.9. The van der Waals surface area contributed by atoms with Crippen LogP contribution in [0.2, 0.25) is 0 Å². The van der Waals surface area contributed by atoms with Crippen molar-refractivity contribution in [3.8, 4) is 0 Å². The molecule has 136 valence electrons. The van der Waals surface area contributed by atoms with Crippen molar-refractivity contribution in [3.05, 3.63) is 29.8 Å². The molecular weight excluding hydrogens is 347 g/mol. The van der Waals surface area contributed by atoms with E-state index in [1.165, 1.54) is 13.0 Å². The van der Waals surface area contributed by atoms with Crippen molar-refractivity contribution in [2.45, 2.75) is 43.4 Å². The van der Waals surface area contributed by atoms with Crippen LogP contribution in [0.3, 0.4) is 0 Å². The Hall–Kier alpha value is -1.65. The maximum absolute atomic E-state index is 12.9. The first-order valence-electron chi connectivity index (χ1n) is 7.17. The normalized spacial score (nSPS) is 14.9. The number of rotatable bonds is 7. The Kier molecular flexibility index (Phi) is 6.76. The first-order valence-corrected chi connectivity index (χ1v) is 8.65. The van der Waals surface area contributed by atoms with E-state index in [1.807, 2.05) is 4.72 Å². The molecule has 1 rings (SSSR count). The van der Waals surface area contributed by atoms with Gasteiger partial charge in [0.05, 0.1) is 16.5 Å². The van der Waals surface area contributed by atoms with Crippen LogP contribution in [0.1, 0.15) is 25.8 Å². The number of sulfonamides is 1. The number of benzene rings is 1. The number of amides is 1. The third-order valence-electron chi connectivity index (χ3n) is 3.11. The molecular formula is C14H20F3N3O3S. The third kappa shape index (κ3) is 5.77. The Morgan fingerprint density at radius 2 is 1.83 bits per heavy atom. The molecule has 0 radical (unpaired) electrons. The van der Waals surface area contributed by atoms with Gasteiger partial charge in [0.2, 0.25) is 15.9 Å². The number of hydrogen-bond donors (Lipinski definition) is 3. The second-order valence-corrected chi connectivity index (χ2v) is 7.08. The Morgan fingerprint density at radius 1 is 1.25 bits per heavy atom. The van der Waals surface area contributed by atoms with Crippen molar-refractivity contribution in [2.24, 2.45) is 5.73 Å². The predicted molar refractivity (Wildman–Crippen MR) is 82.5 cm³/mol. The Balaban J connectivity index is 2.89. The van der Waals surface area contributed by atoms with E-state index in [9.17, 15) is 26.4 Å². The third-order valence-corrected chi connectivity index (χ3v) is 4.70. The smallest absolute Gasteiger partial charge is 0.355 e. The Bertz CT molecular complexity index is 675. The number of halogens is 3. The summed E-state index contributed by atoms with van der Waals surface area (Å²) in [5.41, 5.74) is 4.23. The first-order chi connectivity index (χ1) is 10.9. The standard InChI is InChI=1S/C14H20F3N3O3S/c1-9(18)7-8-19-13(21)10(2)20-24(22,23)12-6-4-3-5-11(12)14(15,16)17/h3-6,9-10,20H,7-8,18H2,1-2H3,(H,19,21). The van der Waals surface area contributed by atoms with E-state index in [1.54, 1.807) is 6.92 Å². The molecule has 0 bridgehead atoms. The van der Waals surface area contributed by atoms with Gasteiger partial charge in [-0.2, -0.15) is 17.9 Å². The van der Waals surface area contributed by atoms with Gasteiger partial charge in [0.15, 0.2) is 0 Å². The van der Waals surface area contributed by atoms with Gasteiger partial charge in [-0.25, -0.2) is 8.42 Å². The highest BCUT2D eigenvalue weighted by Crippen LogP contribution is 2.33. The number of nitrogens with one attached hydrogen (secondary N) is 2. The van der Waals surface area contributed by atoms with Crippen LogP contribution in [0, 0.1) is 0 Å². The van der Waals surface area contributed by atoms with E-state index in [0.717, 1.165) is 12.1 Å². The molecule has 0 aliphatic heterocycles. The summed E-state index contributed by atoms with van der Waals surface area (Å²) in [5, 5.41) is 2.46. The average Bonchev–Trinajstić information content (AvgIpc) is 2.45. The molecule has 0 fully saturated rings. The summed E-state index contributed by atoms with van der Waals surface area (Å²) in [4.78, 5) is 10.9. The molecule has 2 unspecified atom stereocenters. The molecule has 0 spiro atoms. The van der Waals surface area contributed by atoms with Gasteiger partial charge in [0.1, 0.15) is 0 Å². The van der Waals surface area contributed by atoms with Crippen LogP contribution in [0.5, 0.6) is 0 Å². The van der Waals surface area contributed by atoms with Gasteiger partial charge in [-0.05, 0) is 32.4 Å². The lowest BCUT2D eigenvalue weighted by molar-refractivity contribution is -0.139. The second kappa shape index (κ2) is 7.95. The zero-order valence-corrected chi connectivity index (χ0v) is 14.0. The van der Waals surface area contributed by atoms with E-state index >= 15 is 0 Å². The van der Waals surface area contributed by atoms with Crippen LogP contribution < -0.4 is 15.8 Å². The molecule has 0 saturated heterocycles. The van der Waals surface area contributed by atoms with E-state index < -0.39 is 38.6 Å². The topological polar surface area (TPSA) is 101 Å². The molecule has 0 aromatic heterocycles. The van der Waals surface area contributed by atoms with Crippen molar-refractivity contribution in [1.82, 2.24) is 10.0 Å². The molecule has 24 heavy (non-hydrogen) atoms. The van der Waals surface area contributed by atoms with Crippen LogP contribution >= 0.6 is 0 Å². The monoisotopic (exact) mass is 367 g/mol.